The van der Waals surface area contributed by atoms with E-state index in [1.54, 1.807) is 0 Å². The Morgan fingerprint density at radius 1 is 1.50 bits per heavy atom. The molecule has 0 radical (unpaired) electrons. The highest BCUT2D eigenvalue weighted by atomic mass is 35.5. The first-order chi connectivity index (χ1) is 8.41. The number of aromatic hydroxyl groups is 1. The molecule has 2 rings (SSSR count). The first-order valence-corrected chi connectivity index (χ1v) is 5.98. The molecular formula is C12H13ClFNO3. The zero-order chi connectivity index (χ0) is 13.3. The molecule has 1 amide bonds. The van der Waals surface area contributed by atoms with Crippen molar-refractivity contribution in [1.82, 2.24) is 5.32 Å². The van der Waals surface area contributed by atoms with Gasteiger partial charge in [0, 0.05) is 6.54 Å². The summed E-state index contributed by atoms with van der Waals surface area (Å²) in [4.78, 5) is 11.7. The zero-order valence-corrected chi connectivity index (χ0v) is 10.3. The van der Waals surface area contributed by atoms with Crippen LogP contribution in [0.1, 0.15) is 29.6 Å². The lowest BCUT2D eigenvalue weighted by Crippen LogP contribution is -2.47. The van der Waals surface area contributed by atoms with Gasteiger partial charge < -0.3 is 15.5 Å². The number of phenolic OH excluding ortho intramolecular Hbond substituents is 1. The molecule has 98 valence electrons. The second kappa shape index (κ2) is 4.74. The van der Waals surface area contributed by atoms with E-state index in [0.29, 0.717) is 12.8 Å². The Balaban J connectivity index is 2.09. The van der Waals surface area contributed by atoms with E-state index >= 15 is 0 Å². The standard InChI is InChI=1S/C12H13ClFNO3/c13-9-5-7(14)4-8(10(9)16)11(17)15-6-12(18)2-1-3-12/h4-5,16,18H,1-3,6H2,(H,15,17). The Morgan fingerprint density at radius 2 is 2.17 bits per heavy atom. The summed E-state index contributed by atoms with van der Waals surface area (Å²) in [5.74, 6) is -1.82. The predicted molar refractivity (Wildman–Crippen MR) is 64.2 cm³/mol. The van der Waals surface area contributed by atoms with Crippen LogP contribution in [0.5, 0.6) is 5.75 Å². The van der Waals surface area contributed by atoms with Crippen LogP contribution in [-0.4, -0.2) is 28.3 Å². The molecule has 1 aliphatic rings. The lowest BCUT2D eigenvalue weighted by molar-refractivity contribution is -0.0300. The molecule has 0 unspecified atom stereocenters. The highest BCUT2D eigenvalue weighted by Gasteiger charge is 2.34. The first-order valence-electron chi connectivity index (χ1n) is 5.60. The van der Waals surface area contributed by atoms with Crippen LogP contribution >= 0.6 is 11.6 Å². The van der Waals surface area contributed by atoms with E-state index in [0.717, 1.165) is 18.6 Å². The van der Waals surface area contributed by atoms with Crippen molar-refractivity contribution in [3.05, 3.63) is 28.5 Å². The minimum atomic E-state index is -0.873. The second-order valence-electron chi connectivity index (χ2n) is 4.54. The molecule has 4 nitrogen and oxygen atoms in total. The van der Waals surface area contributed by atoms with Crippen LogP contribution in [0.15, 0.2) is 12.1 Å². The lowest BCUT2D eigenvalue weighted by atomic mass is 9.80. The molecule has 1 fully saturated rings. The lowest BCUT2D eigenvalue weighted by Gasteiger charge is -2.36. The molecule has 1 aromatic rings. The maximum atomic E-state index is 13.1. The third kappa shape index (κ3) is 2.57. The Hall–Kier alpha value is -1.33. The molecule has 18 heavy (non-hydrogen) atoms. The fraction of sp³-hybridized carbons (Fsp3) is 0.417. The number of benzene rings is 1. The van der Waals surface area contributed by atoms with Crippen LogP contribution in [0.3, 0.4) is 0 Å². The van der Waals surface area contributed by atoms with Gasteiger partial charge in [0.1, 0.15) is 11.6 Å². The van der Waals surface area contributed by atoms with Crippen molar-refractivity contribution in [3.63, 3.8) is 0 Å². The van der Waals surface area contributed by atoms with Gasteiger partial charge in [0.25, 0.3) is 5.91 Å². The summed E-state index contributed by atoms with van der Waals surface area (Å²) in [5, 5.41) is 21.6. The van der Waals surface area contributed by atoms with Gasteiger partial charge in [-0.1, -0.05) is 11.6 Å². The van der Waals surface area contributed by atoms with Crippen molar-refractivity contribution in [3.8, 4) is 5.75 Å². The van der Waals surface area contributed by atoms with Crippen LogP contribution in [0, 0.1) is 5.82 Å². The Bertz CT molecular complexity index is 488. The van der Waals surface area contributed by atoms with Crippen molar-refractivity contribution in [1.29, 1.82) is 0 Å². The van der Waals surface area contributed by atoms with Crippen LogP contribution in [0.2, 0.25) is 5.02 Å². The molecule has 1 aromatic carbocycles. The van der Waals surface area contributed by atoms with Crippen molar-refractivity contribution in [2.45, 2.75) is 24.9 Å². The van der Waals surface area contributed by atoms with Gasteiger partial charge in [-0.05, 0) is 31.4 Å². The molecule has 0 aliphatic heterocycles. The Labute approximate surface area is 108 Å². The zero-order valence-electron chi connectivity index (χ0n) is 9.54. The number of carbonyl (C=O) groups is 1. The third-order valence-electron chi connectivity index (χ3n) is 3.14. The SMILES string of the molecule is O=C(NCC1(O)CCC1)c1cc(F)cc(Cl)c1O. The van der Waals surface area contributed by atoms with E-state index in [9.17, 15) is 19.4 Å². The number of carbonyl (C=O) groups excluding carboxylic acids is 1. The van der Waals surface area contributed by atoms with Crippen LogP contribution < -0.4 is 5.32 Å². The highest BCUT2D eigenvalue weighted by molar-refractivity contribution is 6.32. The minimum Gasteiger partial charge on any atom is -0.506 e. The number of phenols is 1. The molecule has 0 aromatic heterocycles. The normalized spacial score (nSPS) is 17.1. The molecule has 1 saturated carbocycles. The predicted octanol–water partition coefficient (Wildman–Crippen LogP) is 1.83. The summed E-state index contributed by atoms with van der Waals surface area (Å²) >= 11 is 5.57. The number of hydrogen-bond donors (Lipinski definition) is 3. The molecule has 3 N–H and O–H groups in total. The van der Waals surface area contributed by atoms with E-state index in [1.807, 2.05) is 0 Å². The Morgan fingerprint density at radius 3 is 2.72 bits per heavy atom. The van der Waals surface area contributed by atoms with Gasteiger partial charge in [-0.2, -0.15) is 0 Å². The second-order valence-corrected chi connectivity index (χ2v) is 4.95. The van der Waals surface area contributed by atoms with Crippen LogP contribution in [0.25, 0.3) is 0 Å². The summed E-state index contributed by atoms with van der Waals surface area (Å²) in [6.45, 7) is 0.0827. The van der Waals surface area contributed by atoms with Gasteiger partial charge in [-0.25, -0.2) is 4.39 Å². The minimum absolute atomic E-state index is 0.0827. The Kier molecular flexibility index (Phi) is 3.45. The van der Waals surface area contributed by atoms with E-state index in [4.69, 9.17) is 11.6 Å². The number of amides is 1. The average Bonchev–Trinajstić information content (AvgIpc) is 2.28. The van der Waals surface area contributed by atoms with E-state index in [1.165, 1.54) is 0 Å². The van der Waals surface area contributed by atoms with Crippen LogP contribution in [-0.2, 0) is 0 Å². The monoisotopic (exact) mass is 273 g/mol. The molecule has 6 heteroatoms. The van der Waals surface area contributed by atoms with Gasteiger partial charge in [-0.15, -0.1) is 0 Å². The summed E-state index contributed by atoms with van der Waals surface area (Å²) in [7, 11) is 0. The average molecular weight is 274 g/mol. The van der Waals surface area contributed by atoms with E-state index in [-0.39, 0.29) is 17.1 Å². The summed E-state index contributed by atoms with van der Waals surface area (Å²) in [6.07, 6.45) is 2.18. The molecule has 0 spiro atoms. The highest BCUT2D eigenvalue weighted by Crippen LogP contribution is 2.31. The summed E-state index contributed by atoms with van der Waals surface area (Å²) in [5.41, 5.74) is -1.11. The number of rotatable bonds is 3. The number of halogens is 2. The number of nitrogens with one attached hydrogen (secondary N) is 1. The number of hydrogen-bond acceptors (Lipinski definition) is 3. The molecule has 0 saturated heterocycles. The quantitative estimate of drug-likeness (QED) is 0.787. The van der Waals surface area contributed by atoms with E-state index < -0.39 is 23.1 Å². The topological polar surface area (TPSA) is 69.6 Å². The van der Waals surface area contributed by atoms with Crippen molar-refractivity contribution in [2.75, 3.05) is 6.54 Å². The fourth-order valence-electron chi connectivity index (χ4n) is 1.84. The summed E-state index contributed by atoms with van der Waals surface area (Å²) in [6, 6.07) is 1.83. The van der Waals surface area contributed by atoms with Gasteiger partial charge in [0.15, 0.2) is 0 Å². The van der Waals surface area contributed by atoms with E-state index in [2.05, 4.69) is 5.32 Å². The third-order valence-corrected chi connectivity index (χ3v) is 3.42. The largest absolute Gasteiger partial charge is 0.506 e. The molecule has 0 atom stereocenters. The maximum absolute atomic E-state index is 13.1. The van der Waals surface area contributed by atoms with Crippen LogP contribution in [0.4, 0.5) is 4.39 Å². The van der Waals surface area contributed by atoms with Crippen molar-refractivity contribution in [2.24, 2.45) is 0 Å². The van der Waals surface area contributed by atoms with Gasteiger partial charge >= 0.3 is 0 Å². The molecule has 1 aliphatic carbocycles. The smallest absolute Gasteiger partial charge is 0.255 e. The summed E-state index contributed by atoms with van der Waals surface area (Å²) < 4.78 is 13.1. The van der Waals surface area contributed by atoms with Crippen molar-refractivity contribution < 1.29 is 19.4 Å². The first kappa shape index (κ1) is 13.1. The fourth-order valence-corrected chi connectivity index (χ4v) is 2.05. The molecular weight excluding hydrogens is 261 g/mol. The molecule has 0 heterocycles. The van der Waals surface area contributed by atoms with Crippen molar-refractivity contribution >= 4 is 17.5 Å². The van der Waals surface area contributed by atoms with Gasteiger partial charge in [0.2, 0.25) is 0 Å². The van der Waals surface area contributed by atoms with Gasteiger partial charge in [0.05, 0.1) is 16.2 Å². The number of aliphatic hydroxyl groups is 1. The molecule has 0 bridgehead atoms. The van der Waals surface area contributed by atoms with Gasteiger partial charge in [-0.3, -0.25) is 4.79 Å². The maximum Gasteiger partial charge on any atom is 0.255 e.